The zero-order chi connectivity index (χ0) is 10.5. The SMILES string of the molecule is Nc1ccc(OCCc2cccs2)nn1. The molecule has 5 heteroatoms. The van der Waals surface area contributed by atoms with E-state index in [0.29, 0.717) is 18.3 Å². The summed E-state index contributed by atoms with van der Waals surface area (Å²) in [6, 6.07) is 7.51. The lowest BCUT2D eigenvalue weighted by Gasteiger charge is -2.02. The van der Waals surface area contributed by atoms with Crippen LogP contribution in [0.3, 0.4) is 0 Å². The number of aromatic nitrogens is 2. The Balaban J connectivity index is 1.81. The second kappa shape index (κ2) is 4.75. The minimum atomic E-state index is 0.403. The third kappa shape index (κ3) is 2.92. The lowest BCUT2D eigenvalue weighted by Crippen LogP contribution is -2.03. The van der Waals surface area contributed by atoms with Gasteiger partial charge >= 0.3 is 0 Å². The number of thiophene rings is 1. The van der Waals surface area contributed by atoms with Gasteiger partial charge in [0.2, 0.25) is 5.88 Å². The minimum Gasteiger partial charge on any atom is -0.476 e. The van der Waals surface area contributed by atoms with Crippen molar-refractivity contribution in [3.8, 4) is 5.88 Å². The summed E-state index contributed by atoms with van der Waals surface area (Å²) in [7, 11) is 0. The van der Waals surface area contributed by atoms with Crippen LogP contribution in [-0.4, -0.2) is 16.8 Å². The molecule has 0 amide bonds. The summed E-state index contributed by atoms with van der Waals surface area (Å²) in [4.78, 5) is 1.30. The van der Waals surface area contributed by atoms with Crippen LogP contribution < -0.4 is 10.5 Å². The molecule has 0 fully saturated rings. The molecule has 0 aliphatic heterocycles. The van der Waals surface area contributed by atoms with Crippen LogP contribution in [-0.2, 0) is 6.42 Å². The van der Waals surface area contributed by atoms with Gasteiger partial charge in [0, 0.05) is 17.4 Å². The first-order chi connectivity index (χ1) is 7.34. The third-order valence-corrected chi connectivity index (χ3v) is 2.78. The van der Waals surface area contributed by atoms with Crippen LogP contribution in [0.5, 0.6) is 5.88 Å². The predicted molar refractivity (Wildman–Crippen MR) is 60.0 cm³/mol. The molecule has 15 heavy (non-hydrogen) atoms. The van der Waals surface area contributed by atoms with Gasteiger partial charge < -0.3 is 10.5 Å². The van der Waals surface area contributed by atoms with E-state index in [4.69, 9.17) is 10.5 Å². The van der Waals surface area contributed by atoms with Crippen molar-refractivity contribution in [2.75, 3.05) is 12.3 Å². The molecule has 2 N–H and O–H groups in total. The minimum absolute atomic E-state index is 0.403. The van der Waals surface area contributed by atoms with Crippen molar-refractivity contribution < 1.29 is 4.74 Å². The van der Waals surface area contributed by atoms with E-state index in [1.165, 1.54) is 4.88 Å². The third-order valence-electron chi connectivity index (χ3n) is 1.84. The van der Waals surface area contributed by atoms with Crippen LogP contribution >= 0.6 is 11.3 Å². The van der Waals surface area contributed by atoms with Crippen molar-refractivity contribution >= 4 is 17.2 Å². The highest BCUT2D eigenvalue weighted by atomic mass is 32.1. The lowest BCUT2D eigenvalue weighted by molar-refractivity contribution is 0.307. The molecule has 0 aliphatic carbocycles. The van der Waals surface area contributed by atoms with Gasteiger partial charge in [0.05, 0.1) is 6.61 Å². The van der Waals surface area contributed by atoms with Crippen LogP contribution in [0.15, 0.2) is 29.6 Å². The number of hydrogen-bond acceptors (Lipinski definition) is 5. The molecule has 0 saturated heterocycles. The fourth-order valence-corrected chi connectivity index (χ4v) is 1.81. The maximum atomic E-state index is 5.41. The van der Waals surface area contributed by atoms with Gasteiger partial charge in [0.15, 0.2) is 0 Å². The van der Waals surface area contributed by atoms with E-state index in [0.717, 1.165) is 6.42 Å². The number of nitrogens with two attached hydrogens (primary N) is 1. The Hall–Kier alpha value is -1.62. The Morgan fingerprint density at radius 2 is 2.20 bits per heavy atom. The van der Waals surface area contributed by atoms with Crippen molar-refractivity contribution in [2.45, 2.75) is 6.42 Å². The molecule has 0 bridgehead atoms. The van der Waals surface area contributed by atoms with Crippen molar-refractivity contribution in [3.63, 3.8) is 0 Å². The van der Waals surface area contributed by atoms with E-state index in [1.807, 2.05) is 6.07 Å². The zero-order valence-corrected chi connectivity index (χ0v) is 8.91. The molecule has 2 aromatic rings. The Morgan fingerprint density at radius 1 is 1.27 bits per heavy atom. The van der Waals surface area contributed by atoms with Gasteiger partial charge in [-0.3, -0.25) is 0 Å². The van der Waals surface area contributed by atoms with Gasteiger partial charge in [0.1, 0.15) is 5.82 Å². The highest BCUT2D eigenvalue weighted by Crippen LogP contribution is 2.10. The van der Waals surface area contributed by atoms with Gasteiger partial charge in [0.25, 0.3) is 0 Å². The Labute approximate surface area is 91.7 Å². The van der Waals surface area contributed by atoms with Crippen molar-refractivity contribution in [1.29, 1.82) is 0 Å². The summed E-state index contributed by atoms with van der Waals surface area (Å²) in [5.41, 5.74) is 5.41. The predicted octanol–water partition coefficient (Wildman–Crippen LogP) is 1.74. The molecule has 2 rings (SSSR count). The second-order valence-corrected chi connectivity index (χ2v) is 4.01. The van der Waals surface area contributed by atoms with Gasteiger partial charge in [-0.05, 0) is 17.5 Å². The molecule has 0 aliphatic rings. The molecule has 0 unspecified atom stereocenters. The molecular formula is C10H11N3OS. The standard InChI is InChI=1S/C10H11N3OS/c11-9-3-4-10(13-12-9)14-6-5-8-2-1-7-15-8/h1-4,7H,5-6H2,(H2,11,12). The molecule has 0 spiro atoms. The molecule has 2 heterocycles. The molecule has 2 aromatic heterocycles. The summed E-state index contributed by atoms with van der Waals surface area (Å²) in [5.74, 6) is 0.918. The molecule has 0 atom stereocenters. The second-order valence-electron chi connectivity index (χ2n) is 2.97. The topological polar surface area (TPSA) is 61.0 Å². The first-order valence-electron chi connectivity index (χ1n) is 4.59. The quantitative estimate of drug-likeness (QED) is 0.854. The Morgan fingerprint density at radius 3 is 2.87 bits per heavy atom. The summed E-state index contributed by atoms with van der Waals surface area (Å²) >= 11 is 1.72. The monoisotopic (exact) mass is 221 g/mol. The molecule has 78 valence electrons. The fraction of sp³-hybridized carbons (Fsp3) is 0.200. The average molecular weight is 221 g/mol. The molecule has 0 radical (unpaired) electrons. The fourth-order valence-electron chi connectivity index (χ4n) is 1.12. The van der Waals surface area contributed by atoms with Crippen LogP contribution in [0.2, 0.25) is 0 Å². The van der Waals surface area contributed by atoms with Gasteiger partial charge in [-0.2, -0.15) is 0 Å². The van der Waals surface area contributed by atoms with E-state index < -0.39 is 0 Å². The highest BCUT2D eigenvalue weighted by Gasteiger charge is 1.97. The smallest absolute Gasteiger partial charge is 0.233 e. The summed E-state index contributed by atoms with van der Waals surface area (Å²) in [6.45, 7) is 0.610. The van der Waals surface area contributed by atoms with Crippen LogP contribution in [0, 0.1) is 0 Å². The van der Waals surface area contributed by atoms with Crippen molar-refractivity contribution in [2.24, 2.45) is 0 Å². The van der Waals surface area contributed by atoms with E-state index in [-0.39, 0.29) is 0 Å². The first-order valence-corrected chi connectivity index (χ1v) is 5.47. The Bertz CT molecular complexity index is 399. The number of rotatable bonds is 4. The van der Waals surface area contributed by atoms with E-state index >= 15 is 0 Å². The largest absolute Gasteiger partial charge is 0.476 e. The van der Waals surface area contributed by atoms with Crippen molar-refractivity contribution in [1.82, 2.24) is 10.2 Å². The number of hydrogen-bond donors (Lipinski definition) is 1. The molecule has 0 aromatic carbocycles. The highest BCUT2D eigenvalue weighted by molar-refractivity contribution is 7.09. The summed E-state index contributed by atoms with van der Waals surface area (Å²) in [5, 5.41) is 9.56. The maximum absolute atomic E-state index is 5.41. The van der Waals surface area contributed by atoms with E-state index in [9.17, 15) is 0 Å². The van der Waals surface area contributed by atoms with Crippen molar-refractivity contribution in [3.05, 3.63) is 34.5 Å². The van der Waals surface area contributed by atoms with E-state index in [2.05, 4.69) is 21.6 Å². The molecular weight excluding hydrogens is 210 g/mol. The normalized spacial score (nSPS) is 10.1. The first kappa shape index (κ1) is 9.92. The number of nitrogen functional groups attached to an aromatic ring is 1. The zero-order valence-electron chi connectivity index (χ0n) is 8.09. The van der Waals surface area contributed by atoms with Gasteiger partial charge in [-0.1, -0.05) is 6.07 Å². The maximum Gasteiger partial charge on any atom is 0.233 e. The summed E-state index contributed by atoms with van der Waals surface area (Å²) < 4.78 is 5.41. The number of anilines is 1. The Kier molecular flexibility index (Phi) is 3.14. The number of nitrogens with zero attached hydrogens (tertiary/aromatic N) is 2. The van der Waals surface area contributed by atoms with E-state index in [1.54, 1.807) is 23.5 Å². The molecule has 4 nitrogen and oxygen atoms in total. The van der Waals surface area contributed by atoms with Crippen LogP contribution in [0.4, 0.5) is 5.82 Å². The van der Waals surface area contributed by atoms with Gasteiger partial charge in [-0.25, -0.2) is 0 Å². The number of ether oxygens (including phenoxy) is 1. The molecule has 0 saturated carbocycles. The van der Waals surface area contributed by atoms with Crippen LogP contribution in [0.25, 0.3) is 0 Å². The summed E-state index contributed by atoms with van der Waals surface area (Å²) in [6.07, 6.45) is 0.893. The lowest BCUT2D eigenvalue weighted by atomic mass is 10.4. The van der Waals surface area contributed by atoms with Gasteiger partial charge in [-0.15, -0.1) is 21.5 Å². The average Bonchev–Trinajstić information content (AvgIpc) is 2.74. The van der Waals surface area contributed by atoms with Crippen LogP contribution in [0.1, 0.15) is 4.88 Å².